The molecule has 1 heterocycles. The van der Waals surface area contributed by atoms with Crippen LogP contribution < -0.4 is 5.32 Å². The van der Waals surface area contributed by atoms with E-state index in [-0.39, 0.29) is 16.6 Å². The van der Waals surface area contributed by atoms with E-state index in [1.165, 1.54) is 0 Å². The fraction of sp³-hybridized carbons (Fsp3) is 0.462. The molecular formula is C13H15ClFNO4S. The van der Waals surface area contributed by atoms with Gasteiger partial charge in [-0.05, 0) is 37.5 Å². The molecule has 1 atom stereocenters. The first-order valence-corrected chi connectivity index (χ1v) is 8.83. The van der Waals surface area contributed by atoms with Crippen LogP contribution in [0.2, 0.25) is 0 Å². The molecule has 0 radical (unpaired) electrons. The van der Waals surface area contributed by atoms with Crippen molar-refractivity contribution < 1.29 is 22.3 Å². The Hall–Kier alpha value is -1.18. The van der Waals surface area contributed by atoms with Gasteiger partial charge in [0, 0.05) is 23.8 Å². The summed E-state index contributed by atoms with van der Waals surface area (Å²) in [6, 6.07) is 2.93. The van der Waals surface area contributed by atoms with E-state index in [4.69, 9.17) is 15.4 Å². The second kappa shape index (κ2) is 6.72. The minimum Gasteiger partial charge on any atom is -0.378 e. The number of benzene rings is 1. The van der Waals surface area contributed by atoms with Crippen LogP contribution in [0.15, 0.2) is 23.1 Å². The van der Waals surface area contributed by atoms with Crippen molar-refractivity contribution in [2.75, 3.05) is 13.2 Å². The molecule has 0 saturated carbocycles. The predicted octanol–water partition coefficient (Wildman–Crippen LogP) is 2.05. The first-order valence-electron chi connectivity index (χ1n) is 6.52. The van der Waals surface area contributed by atoms with Crippen molar-refractivity contribution in [1.82, 2.24) is 5.32 Å². The van der Waals surface area contributed by atoms with Gasteiger partial charge in [-0.3, -0.25) is 4.79 Å². The minimum absolute atomic E-state index is 0.138. The van der Waals surface area contributed by atoms with Gasteiger partial charge in [-0.2, -0.15) is 0 Å². The second-order valence-electron chi connectivity index (χ2n) is 4.76. The molecule has 0 aliphatic carbocycles. The smallest absolute Gasteiger partial charge is 0.261 e. The third-order valence-corrected chi connectivity index (χ3v) is 4.59. The largest absolute Gasteiger partial charge is 0.378 e. The van der Waals surface area contributed by atoms with Crippen molar-refractivity contribution in [2.24, 2.45) is 0 Å². The Morgan fingerprint density at radius 2 is 2.24 bits per heavy atom. The fourth-order valence-corrected chi connectivity index (χ4v) is 2.91. The highest BCUT2D eigenvalue weighted by molar-refractivity contribution is 8.13. The summed E-state index contributed by atoms with van der Waals surface area (Å²) in [4.78, 5) is 11.4. The highest BCUT2D eigenvalue weighted by atomic mass is 35.7. The van der Waals surface area contributed by atoms with Crippen LogP contribution in [0.25, 0.3) is 0 Å². The van der Waals surface area contributed by atoms with Gasteiger partial charge < -0.3 is 10.1 Å². The lowest BCUT2D eigenvalue weighted by atomic mass is 10.1. The quantitative estimate of drug-likeness (QED) is 0.836. The molecular weight excluding hydrogens is 321 g/mol. The minimum atomic E-state index is -4.01. The van der Waals surface area contributed by atoms with Crippen LogP contribution in [0.1, 0.15) is 29.6 Å². The Balaban J connectivity index is 1.95. The van der Waals surface area contributed by atoms with Gasteiger partial charge >= 0.3 is 0 Å². The van der Waals surface area contributed by atoms with Gasteiger partial charge in [0.15, 0.2) is 0 Å². The Bertz CT molecular complexity index is 629. The van der Waals surface area contributed by atoms with E-state index in [1.54, 1.807) is 0 Å². The van der Waals surface area contributed by atoms with Gasteiger partial charge in [0.25, 0.3) is 15.0 Å². The predicted molar refractivity (Wildman–Crippen MR) is 75.4 cm³/mol. The molecule has 1 N–H and O–H groups in total. The lowest BCUT2D eigenvalue weighted by molar-refractivity contribution is 0.0904. The molecule has 0 spiro atoms. The van der Waals surface area contributed by atoms with E-state index in [0.29, 0.717) is 13.0 Å². The summed E-state index contributed by atoms with van der Waals surface area (Å²) in [5.74, 6) is -1.52. The van der Waals surface area contributed by atoms with E-state index in [1.807, 2.05) is 0 Å². The van der Waals surface area contributed by atoms with Crippen LogP contribution in [0, 0.1) is 5.82 Å². The third kappa shape index (κ3) is 4.39. The average Bonchev–Trinajstić information content (AvgIpc) is 2.90. The average molecular weight is 336 g/mol. The highest BCUT2D eigenvalue weighted by Gasteiger charge is 2.18. The third-order valence-electron chi connectivity index (χ3n) is 3.24. The fourth-order valence-electron chi connectivity index (χ4n) is 2.15. The molecule has 0 bridgehead atoms. The summed E-state index contributed by atoms with van der Waals surface area (Å²) in [5, 5.41) is 2.58. The molecule has 2 rings (SSSR count). The van der Waals surface area contributed by atoms with Crippen LogP contribution in [-0.2, 0) is 13.8 Å². The molecule has 0 aromatic heterocycles. The number of hydrogen-bond donors (Lipinski definition) is 1. The van der Waals surface area contributed by atoms with Crippen LogP contribution in [0.5, 0.6) is 0 Å². The number of carbonyl (C=O) groups is 1. The first-order chi connectivity index (χ1) is 9.88. The molecule has 1 saturated heterocycles. The zero-order valence-electron chi connectivity index (χ0n) is 11.1. The van der Waals surface area contributed by atoms with Crippen LogP contribution in [0.3, 0.4) is 0 Å². The monoisotopic (exact) mass is 335 g/mol. The van der Waals surface area contributed by atoms with Gasteiger partial charge in [-0.15, -0.1) is 0 Å². The van der Waals surface area contributed by atoms with Crippen molar-refractivity contribution in [3.05, 3.63) is 29.6 Å². The number of hydrogen-bond acceptors (Lipinski definition) is 4. The molecule has 1 aliphatic rings. The second-order valence-corrected chi connectivity index (χ2v) is 7.33. The van der Waals surface area contributed by atoms with Gasteiger partial charge in [0.1, 0.15) is 5.82 Å². The summed E-state index contributed by atoms with van der Waals surface area (Å²) >= 11 is 0. The number of carbonyl (C=O) groups excluding carboxylic acids is 1. The molecule has 1 amide bonds. The summed E-state index contributed by atoms with van der Waals surface area (Å²) < 4.78 is 41.3. The number of ether oxygens (including phenoxy) is 1. The molecule has 1 unspecified atom stereocenters. The number of rotatable bonds is 5. The molecule has 5 nitrogen and oxygen atoms in total. The van der Waals surface area contributed by atoms with Crippen molar-refractivity contribution in [3.8, 4) is 0 Å². The Morgan fingerprint density at radius 1 is 1.48 bits per heavy atom. The number of nitrogens with one attached hydrogen (secondary N) is 1. The standard InChI is InChI=1S/C13H15ClFNO4S/c14-21(18,19)10-3-4-11(12(15)8-10)13(17)16-6-5-9-2-1-7-20-9/h3-4,8-9H,1-2,5-7H2,(H,16,17). The van der Waals surface area contributed by atoms with Gasteiger partial charge in [0.2, 0.25) is 0 Å². The molecule has 1 aliphatic heterocycles. The Kier molecular flexibility index (Phi) is 5.18. The summed E-state index contributed by atoms with van der Waals surface area (Å²) in [7, 11) is 1.10. The lowest BCUT2D eigenvalue weighted by Crippen LogP contribution is -2.27. The molecule has 8 heteroatoms. The summed E-state index contributed by atoms with van der Waals surface area (Å²) in [6.45, 7) is 1.11. The highest BCUT2D eigenvalue weighted by Crippen LogP contribution is 2.19. The van der Waals surface area contributed by atoms with Crippen molar-refractivity contribution >= 4 is 25.6 Å². The van der Waals surface area contributed by atoms with E-state index < -0.39 is 20.8 Å². The maximum atomic E-state index is 13.8. The van der Waals surface area contributed by atoms with Crippen LogP contribution in [0.4, 0.5) is 4.39 Å². The summed E-state index contributed by atoms with van der Waals surface area (Å²) in [5.41, 5.74) is -0.216. The molecule has 1 aromatic carbocycles. The van der Waals surface area contributed by atoms with Gasteiger partial charge in [-0.25, -0.2) is 12.8 Å². The van der Waals surface area contributed by atoms with Gasteiger partial charge in [-0.1, -0.05) is 0 Å². The van der Waals surface area contributed by atoms with Crippen LogP contribution in [-0.4, -0.2) is 33.6 Å². The van der Waals surface area contributed by atoms with E-state index in [9.17, 15) is 17.6 Å². The van der Waals surface area contributed by atoms with Crippen LogP contribution >= 0.6 is 10.7 Å². The van der Waals surface area contributed by atoms with Crippen molar-refractivity contribution in [3.63, 3.8) is 0 Å². The molecule has 1 fully saturated rings. The zero-order valence-corrected chi connectivity index (χ0v) is 12.7. The Morgan fingerprint density at radius 3 is 2.81 bits per heavy atom. The SMILES string of the molecule is O=C(NCCC1CCCO1)c1ccc(S(=O)(=O)Cl)cc1F. The maximum absolute atomic E-state index is 13.8. The number of amides is 1. The van der Waals surface area contributed by atoms with E-state index in [2.05, 4.69) is 5.32 Å². The summed E-state index contributed by atoms with van der Waals surface area (Å²) in [6.07, 6.45) is 2.79. The van der Waals surface area contributed by atoms with E-state index >= 15 is 0 Å². The van der Waals surface area contributed by atoms with Gasteiger partial charge in [0.05, 0.1) is 16.6 Å². The maximum Gasteiger partial charge on any atom is 0.261 e. The first kappa shape index (κ1) is 16.2. The molecule has 21 heavy (non-hydrogen) atoms. The lowest BCUT2D eigenvalue weighted by Gasteiger charge is -2.10. The van der Waals surface area contributed by atoms with Crippen molar-refractivity contribution in [1.29, 1.82) is 0 Å². The topological polar surface area (TPSA) is 72.5 Å². The Labute approximate surface area is 126 Å². The molecule has 1 aromatic rings. The zero-order chi connectivity index (χ0) is 15.5. The normalized spacial score (nSPS) is 18.7. The van der Waals surface area contributed by atoms with E-state index in [0.717, 1.165) is 37.6 Å². The van der Waals surface area contributed by atoms with Crippen molar-refractivity contribution in [2.45, 2.75) is 30.3 Å². The molecule has 116 valence electrons. The number of halogens is 2.